The molecule has 0 aromatic carbocycles. The molecule has 2 aromatic heterocycles. The highest BCUT2D eigenvalue weighted by molar-refractivity contribution is 6.28. The van der Waals surface area contributed by atoms with Crippen LogP contribution < -0.4 is 5.73 Å². The number of anilines is 1. The van der Waals surface area contributed by atoms with Gasteiger partial charge in [0, 0.05) is 0 Å². The molecular formula is C10H14ClN5O3. The van der Waals surface area contributed by atoms with E-state index in [9.17, 15) is 0 Å². The van der Waals surface area contributed by atoms with Gasteiger partial charge in [-0.1, -0.05) is 0 Å². The zero-order valence-electron chi connectivity index (χ0n) is 10.2. The summed E-state index contributed by atoms with van der Waals surface area (Å²) in [5, 5.41) is 18.0. The number of aliphatic hydroxyl groups excluding tert-OH is 2. The van der Waals surface area contributed by atoms with E-state index in [2.05, 4.69) is 15.0 Å². The summed E-state index contributed by atoms with van der Waals surface area (Å²) in [7, 11) is 0. The van der Waals surface area contributed by atoms with Gasteiger partial charge in [-0.05, 0) is 18.5 Å². The Balaban J connectivity index is 2.34. The van der Waals surface area contributed by atoms with Crippen molar-refractivity contribution >= 4 is 28.6 Å². The minimum Gasteiger partial charge on any atom is -0.394 e. The highest BCUT2D eigenvalue weighted by Gasteiger charge is 2.17. The molecule has 4 N–H and O–H groups in total. The van der Waals surface area contributed by atoms with Crippen molar-refractivity contribution in [2.75, 3.05) is 18.9 Å². The van der Waals surface area contributed by atoms with Gasteiger partial charge in [-0.15, -0.1) is 0 Å². The first-order chi connectivity index (χ1) is 9.06. The number of hydrogen-bond acceptors (Lipinski definition) is 7. The van der Waals surface area contributed by atoms with Crippen LogP contribution in [0.4, 0.5) is 5.82 Å². The van der Waals surface area contributed by atoms with Gasteiger partial charge in [0.25, 0.3) is 0 Å². The number of rotatable bonds is 5. The van der Waals surface area contributed by atoms with Crippen LogP contribution in [-0.2, 0) is 4.74 Å². The second-order valence-electron chi connectivity index (χ2n) is 3.92. The van der Waals surface area contributed by atoms with Crippen LogP contribution in [0, 0.1) is 0 Å². The normalized spacial score (nSPS) is 13.3. The Bertz CT molecular complexity index is 572. The summed E-state index contributed by atoms with van der Waals surface area (Å²) in [6.45, 7) is 1.16. The van der Waals surface area contributed by atoms with Gasteiger partial charge in [-0.25, -0.2) is 4.98 Å². The molecule has 0 amide bonds. The van der Waals surface area contributed by atoms with Crippen LogP contribution in [0.5, 0.6) is 0 Å². The third-order valence-corrected chi connectivity index (χ3v) is 2.78. The summed E-state index contributed by atoms with van der Waals surface area (Å²) < 4.78 is 7.05. The van der Waals surface area contributed by atoms with E-state index in [0.29, 0.717) is 11.2 Å². The topological polar surface area (TPSA) is 119 Å². The predicted octanol–water partition coefficient (Wildman–Crippen LogP) is -0.0498. The minimum atomic E-state index is -0.679. The predicted molar refractivity (Wildman–Crippen MR) is 68.5 cm³/mol. The van der Waals surface area contributed by atoms with Gasteiger partial charge in [0.2, 0.25) is 5.28 Å². The fraction of sp³-hybridized carbons (Fsp3) is 0.500. The highest BCUT2D eigenvalue weighted by atomic mass is 35.5. The molecule has 1 atom stereocenters. The van der Waals surface area contributed by atoms with Crippen molar-refractivity contribution in [1.82, 2.24) is 19.5 Å². The van der Waals surface area contributed by atoms with E-state index < -0.39 is 12.3 Å². The maximum absolute atomic E-state index is 9.00. The summed E-state index contributed by atoms with van der Waals surface area (Å²) in [6.07, 6.45) is 0.310. The number of ether oxygens (including phenoxy) is 1. The van der Waals surface area contributed by atoms with Crippen molar-refractivity contribution in [3.05, 3.63) is 11.6 Å². The molecule has 2 heterocycles. The number of aromatic nitrogens is 4. The number of nitrogen functional groups attached to an aromatic ring is 1. The Morgan fingerprint density at radius 2 is 2.11 bits per heavy atom. The van der Waals surface area contributed by atoms with E-state index in [-0.39, 0.29) is 24.3 Å². The number of aliphatic hydroxyl groups is 2. The average molecular weight is 288 g/mol. The largest absolute Gasteiger partial charge is 0.394 e. The quantitative estimate of drug-likeness (QED) is 0.660. The Morgan fingerprint density at radius 3 is 2.74 bits per heavy atom. The lowest BCUT2D eigenvalue weighted by Gasteiger charge is -2.20. The van der Waals surface area contributed by atoms with Gasteiger partial charge in [-0.3, -0.25) is 4.57 Å². The molecule has 0 saturated carbocycles. The molecule has 0 bridgehead atoms. The van der Waals surface area contributed by atoms with Crippen LogP contribution >= 0.6 is 11.6 Å². The van der Waals surface area contributed by atoms with Gasteiger partial charge >= 0.3 is 0 Å². The fourth-order valence-electron chi connectivity index (χ4n) is 1.66. The lowest BCUT2D eigenvalue weighted by Crippen LogP contribution is -2.25. The van der Waals surface area contributed by atoms with E-state index in [1.807, 2.05) is 0 Å². The van der Waals surface area contributed by atoms with Crippen molar-refractivity contribution < 1.29 is 14.9 Å². The lowest BCUT2D eigenvalue weighted by molar-refractivity contribution is -0.0840. The second-order valence-corrected chi connectivity index (χ2v) is 4.26. The molecule has 104 valence electrons. The van der Waals surface area contributed by atoms with E-state index in [1.54, 1.807) is 11.5 Å². The molecule has 0 saturated heterocycles. The molecule has 0 fully saturated rings. The molecule has 0 unspecified atom stereocenters. The molecular weight excluding hydrogens is 274 g/mol. The number of nitrogens with zero attached hydrogens (tertiary/aromatic N) is 4. The summed E-state index contributed by atoms with van der Waals surface area (Å²) in [5.41, 5.74) is 6.54. The summed E-state index contributed by atoms with van der Waals surface area (Å²) in [5.74, 6) is 0.182. The first-order valence-corrected chi connectivity index (χ1v) is 5.97. The molecule has 2 aromatic rings. The smallest absolute Gasteiger partial charge is 0.226 e. The van der Waals surface area contributed by atoms with Crippen LogP contribution in [-0.4, -0.2) is 49.0 Å². The maximum Gasteiger partial charge on any atom is 0.226 e. The van der Waals surface area contributed by atoms with E-state index in [4.69, 9.17) is 32.3 Å². The third kappa shape index (κ3) is 2.76. The molecule has 8 nitrogen and oxygen atoms in total. The zero-order chi connectivity index (χ0) is 14.0. The minimum absolute atomic E-state index is 0.0137. The Morgan fingerprint density at radius 1 is 1.42 bits per heavy atom. The Labute approximate surface area is 113 Å². The van der Waals surface area contributed by atoms with E-state index in [0.717, 1.165) is 0 Å². The monoisotopic (exact) mass is 287 g/mol. The SMILES string of the molecule is C[C@@H](OC(CO)CO)n1cnc2c(N)nc(Cl)nc21. The number of halogens is 1. The van der Waals surface area contributed by atoms with E-state index in [1.165, 1.54) is 6.33 Å². The van der Waals surface area contributed by atoms with Crippen molar-refractivity contribution in [3.8, 4) is 0 Å². The molecule has 0 aliphatic rings. The van der Waals surface area contributed by atoms with Crippen molar-refractivity contribution in [1.29, 1.82) is 0 Å². The molecule has 9 heteroatoms. The number of fused-ring (bicyclic) bond motifs is 1. The molecule has 0 radical (unpaired) electrons. The summed E-state index contributed by atoms with van der Waals surface area (Å²) in [4.78, 5) is 11.9. The molecule has 0 spiro atoms. The van der Waals surface area contributed by atoms with Gasteiger partial charge in [0.15, 0.2) is 11.5 Å². The molecule has 0 aliphatic heterocycles. The summed E-state index contributed by atoms with van der Waals surface area (Å²) >= 11 is 5.75. The van der Waals surface area contributed by atoms with Crippen LogP contribution in [0.1, 0.15) is 13.2 Å². The Hall–Kier alpha value is -1.48. The molecule has 19 heavy (non-hydrogen) atoms. The van der Waals surface area contributed by atoms with Gasteiger partial charge in [-0.2, -0.15) is 9.97 Å². The van der Waals surface area contributed by atoms with Crippen molar-refractivity contribution in [2.24, 2.45) is 0 Å². The first-order valence-electron chi connectivity index (χ1n) is 5.59. The van der Waals surface area contributed by atoms with Gasteiger partial charge in [0.1, 0.15) is 17.8 Å². The standard InChI is InChI=1S/C10H14ClN5O3/c1-5(19-6(2-17)3-18)16-4-13-7-8(12)14-10(11)15-9(7)16/h4-6,17-18H,2-3H2,1H3,(H2,12,14,15)/t5-/m1/s1. The lowest BCUT2D eigenvalue weighted by atomic mass is 10.4. The van der Waals surface area contributed by atoms with Gasteiger partial charge in [0.05, 0.1) is 19.5 Å². The highest BCUT2D eigenvalue weighted by Crippen LogP contribution is 2.22. The average Bonchev–Trinajstić information content (AvgIpc) is 2.79. The van der Waals surface area contributed by atoms with Gasteiger partial charge < -0.3 is 20.7 Å². The van der Waals surface area contributed by atoms with Crippen LogP contribution in [0.15, 0.2) is 6.33 Å². The van der Waals surface area contributed by atoms with Crippen molar-refractivity contribution in [3.63, 3.8) is 0 Å². The molecule has 0 aliphatic carbocycles. The van der Waals surface area contributed by atoms with Crippen LogP contribution in [0.3, 0.4) is 0 Å². The van der Waals surface area contributed by atoms with Crippen molar-refractivity contribution in [2.45, 2.75) is 19.3 Å². The third-order valence-electron chi connectivity index (χ3n) is 2.61. The maximum atomic E-state index is 9.00. The zero-order valence-corrected chi connectivity index (χ0v) is 10.9. The van der Waals surface area contributed by atoms with Crippen LogP contribution in [0.25, 0.3) is 11.2 Å². The number of imidazole rings is 1. The van der Waals surface area contributed by atoms with E-state index >= 15 is 0 Å². The molecule has 2 rings (SSSR count). The first kappa shape index (κ1) is 13.9. The number of nitrogens with two attached hydrogens (primary N) is 1. The number of hydrogen-bond donors (Lipinski definition) is 3. The second kappa shape index (κ2) is 5.66. The summed E-state index contributed by atoms with van der Waals surface area (Å²) in [6, 6.07) is 0. The van der Waals surface area contributed by atoms with Crippen LogP contribution in [0.2, 0.25) is 5.28 Å². The fourth-order valence-corrected chi connectivity index (χ4v) is 1.84. The Kier molecular flexibility index (Phi) is 4.15.